The zero-order chi connectivity index (χ0) is 13.6. The fourth-order valence-corrected chi connectivity index (χ4v) is 2.44. The second-order valence-corrected chi connectivity index (χ2v) is 5.15. The standard InChI is InChI=1S/C15H18N2O2/c1-9-14(15(18)16-10-4-5-10)12-7-6-11(19-3)8-13(12)17(9)2/h6-8,10H,4-5H2,1-3H3,(H,16,18). The van der Waals surface area contributed by atoms with Crippen LogP contribution in [0.4, 0.5) is 0 Å². The Morgan fingerprint density at radius 3 is 2.79 bits per heavy atom. The van der Waals surface area contributed by atoms with Gasteiger partial charge in [-0.05, 0) is 31.9 Å². The highest BCUT2D eigenvalue weighted by Gasteiger charge is 2.26. The molecule has 0 aliphatic heterocycles. The van der Waals surface area contributed by atoms with E-state index in [1.807, 2.05) is 36.7 Å². The van der Waals surface area contributed by atoms with Crippen molar-refractivity contribution in [2.24, 2.45) is 7.05 Å². The van der Waals surface area contributed by atoms with E-state index in [0.717, 1.165) is 40.8 Å². The minimum atomic E-state index is 0.0377. The Balaban J connectivity index is 2.12. The Bertz CT molecular complexity index is 654. The summed E-state index contributed by atoms with van der Waals surface area (Å²) < 4.78 is 7.29. The number of aryl methyl sites for hydroxylation is 1. The molecule has 0 saturated heterocycles. The third kappa shape index (κ3) is 1.97. The smallest absolute Gasteiger partial charge is 0.253 e. The molecule has 1 aliphatic rings. The number of nitrogens with one attached hydrogen (secondary N) is 1. The second-order valence-electron chi connectivity index (χ2n) is 5.15. The van der Waals surface area contributed by atoms with Crippen LogP contribution in [0.5, 0.6) is 5.75 Å². The van der Waals surface area contributed by atoms with E-state index in [1.54, 1.807) is 7.11 Å². The quantitative estimate of drug-likeness (QED) is 0.918. The number of amides is 1. The largest absolute Gasteiger partial charge is 0.497 e. The Kier molecular flexibility index (Phi) is 2.73. The highest BCUT2D eigenvalue weighted by Crippen LogP contribution is 2.29. The van der Waals surface area contributed by atoms with Crippen LogP contribution < -0.4 is 10.1 Å². The Morgan fingerprint density at radius 1 is 1.42 bits per heavy atom. The van der Waals surface area contributed by atoms with Gasteiger partial charge in [-0.3, -0.25) is 4.79 Å². The van der Waals surface area contributed by atoms with Gasteiger partial charge in [-0.15, -0.1) is 0 Å². The number of ether oxygens (including phenoxy) is 1. The minimum absolute atomic E-state index is 0.0377. The lowest BCUT2D eigenvalue weighted by Gasteiger charge is -2.03. The highest BCUT2D eigenvalue weighted by molar-refractivity contribution is 6.08. The van der Waals surface area contributed by atoms with E-state index in [-0.39, 0.29) is 5.91 Å². The molecule has 4 nitrogen and oxygen atoms in total. The fourth-order valence-electron chi connectivity index (χ4n) is 2.44. The van der Waals surface area contributed by atoms with Gasteiger partial charge in [-0.2, -0.15) is 0 Å². The number of nitrogens with zero attached hydrogens (tertiary/aromatic N) is 1. The van der Waals surface area contributed by atoms with Gasteiger partial charge >= 0.3 is 0 Å². The van der Waals surface area contributed by atoms with Crippen LogP contribution in [0, 0.1) is 6.92 Å². The van der Waals surface area contributed by atoms with Crippen LogP contribution >= 0.6 is 0 Å². The summed E-state index contributed by atoms with van der Waals surface area (Å²) in [5.41, 5.74) is 2.80. The van der Waals surface area contributed by atoms with Crippen molar-refractivity contribution < 1.29 is 9.53 Å². The number of aromatic nitrogens is 1. The molecule has 0 atom stereocenters. The topological polar surface area (TPSA) is 43.3 Å². The predicted molar refractivity (Wildman–Crippen MR) is 74.7 cm³/mol. The van der Waals surface area contributed by atoms with Crippen molar-refractivity contribution in [1.82, 2.24) is 9.88 Å². The zero-order valence-electron chi connectivity index (χ0n) is 11.5. The lowest BCUT2D eigenvalue weighted by Crippen LogP contribution is -2.25. The van der Waals surface area contributed by atoms with Crippen molar-refractivity contribution in [3.63, 3.8) is 0 Å². The number of hydrogen-bond donors (Lipinski definition) is 1. The number of carbonyl (C=O) groups excluding carboxylic acids is 1. The molecule has 1 N–H and O–H groups in total. The summed E-state index contributed by atoms with van der Waals surface area (Å²) in [5, 5.41) is 4.05. The number of hydrogen-bond acceptors (Lipinski definition) is 2. The van der Waals surface area contributed by atoms with Crippen molar-refractivity contribution in [3.05, 3.63) is 29.5 Å². The third-order valence-electron chi connectivity index (χ3n) is 3.84. The first-order valence-corrected chi connectivity index (χ1v) is 6.55. The van der Waals surface area contributed by atoms with Crippen LogP contribution in [0.15, 0.2) is 18.2 Å². The second kappa shape index (κ2) is 4.30. The number of benzene rings is 1. The highest BCUT2D eigenvalue weighted by atomic mass is 16.5. The Labute approximate surface area is 112 Å². The molecule has 1 aromatic heterocycles. The van der Waals surface area contributed by atoms with Gasteiger partial charge in [0.2, 0.25) is 0 Å². The number of rotatable bonds is 3. The average molecular weight is 258 g/mol. The molecule has 1 aliphatic carbocycles. The summed E-state index contributed by atoms with van der Waals surface area (Å²) >= 11 is 0. The first kappa shape index (κ1) is 12.1. The summed E-state index contributed by atoms with van der Waals surface area (Å²) in [6.07, 6.45) is 2.20. The van der Waals surface area contributed by atoms with Crippen LogP contribution in [-0.4, -0.2) is 23.6 Å². The lowest BCUT2D eigenvalue weighted by atomic mass is 10.1. The van der Waals surface area contributed by atoms with Crippen molar-refractivity contribution >= 4 is 16.8 Å². The number of methoxy groups -OCH3 is 1. The minimum Gasteiger partial charge on any atom is -0.497 e. The zero-order valence-corrected chi connectivity index (χ0v) is 11.5. The molecule has 2 aromatic rings. The molecule has 1 aromatic carbocycles. The molecule has 0 bridgehead atoms. The summed E-state index contributed by atoms with van der Waals surface area (Å²) in [5.74, 6) is 0.845. The molecule has 1 saturated carbocycles. The molecule has 1 amide bonds. The van der Waals surface area contributed by atoms with Gasteiger partial charge in [0, 0.05) is 30.2 Å². The predicted octanol–water partition coefficient (Wildman–Crippen LogP) is 2.39. The van der Waals surface area contributed by atoms with E-state index >= 15 is 0 Å². The van der Waals surface area contributed by atoms with Crippen LogP contribution in [0.3, 0.4) is 0 Å². The van der Waals surface area contributed by atoms with Gasteiger partial charge in [0.15, 0.2) is 0 Å². The molecule has 4 heteroatoms. The maximum atomic E-state index is 12.3. The molecule has 0 spiro atoms. The molecule has 100 valence electrons. The molecular formula is C15H18N2O2. The first-order valence-electron chi connectivity index (χ1n) is 6.55. The van der Waals surface area contributed by atoms with Gasteiger partial charge < -0.3 is 14.6 Å². The van der Waals surface area contributed by atoms with E-state index in [0.29, 0.717) is 6.04 Å². The van der Waals surface area contributed by atoms with E-state index in [1.165, 1.54) is 0 Å². The van der Waals surface area contributed by atoms with Crippen molar-refractivity contribution in [2.75, 3.05) is 7.11 Å². The number of carbonyl (C=O) groups is 1. The SMILES string of the molecule is COc1ccc2c(C(=O)NC3CC3)c(C)n(C)c2c1. The Hall–Kier alpha value is -1.97. The first-order chi connectivity index (χ1) is 9.11. The summed E-state index contributed by atoms with van der Waals surface area (Å²) in [7, 11) is 3.63. The molecule has 1 fully saturated rings. The van der Waals surface area contributed by atoms with Crippen molar-refractivity contribution in [2.45, 2.75) is 25.8 Å². The summed E-state index contributed by atoms with van der Waals surface area (Å²) in [4.78, 5) is 12.3. The van der Waals surface area contributed by atoms with Gasteiger partial charge in [0.1, 0.15) is 5.75 Å². The normalized spacial score (nSPS) is 14.7. The Morgan fingerprint density at radius 2 is 2.16 bits per heavy atom. The maximum absolute atomic E-state index is 12.3. The van der Waals surface area contributed by atoms with Crippen LogP contribution in [0.1, 0.15) is 28.9 Å². The summed E-state index contributed by atoms with van der Waals surface area (Å²) in [6, 6.07) is 6.20. The monoisotopic (exact) mass is 258 g/mol. The molecule has 0 unspecified atom stereocenters. The molecular weight excluding hydrogens is 240 g/mol. The van der Waals surface area contributed by atoms with Crippen molar-refractivity contribution in [1.29, 1.82) is 0 Å². The molecule has 19 heavy (non-hydrogen) atoms. The van der Waals surface area contributed by atoms with Gasteiger partial charge in [0.25, 0.3) is 5.91 Å². The van der Waals surface area contributed by atoms with Gasteiger partial charge in [-0.1, -0.05) is 0 Å². The van der Waals surface area contributed by atoms with Crippen LogP contribution in [0.25, 0.3) is 10.9 Å². The maximum Gasteiger partial charge on any atom is 0.253 e. The van der Waals surface area contributed by atoms with Gasteiger partial charge in [-0.25, -0.2) is 0 Å². The average Bonchev–Trinajstić information content (AvgIpc) is 3.18. The number of fused-ring (bicyclic) bond motifs is 1. The van der Waals surface area contributed by atoms with E-state index in [2.05, 4.69) is 5.32 Å². The van der Waals surface area contributed by atoms with Crippen molar-refractivity contribution in [3.8, 4) is 5.75 Å². The van der Waals surface area contributed by atoms with E-state index in [9.17, 15) is 4.79 Å². The molecule has 0 radical (unpaired) electrons. The van der Waals surface area contributed by atoms with E-state index in [4.69, 9.17) is 4.74 Å². The molecule has 3 rings (SSSR count). The van der Waals surface area contributed by atoms with Gasteiger partial charge in [0.05, 0.1) is 18.2 Å². The molecule has 1 heterocycles. The van der Waals surface area contributed by atoms with Crippen LogP contribution in [0.2, 0.25) is 0 Å². The summed E-state index contributed by atoms with van der Waals surface area (Å²) in [6.45, 7) is 1.98. The fraction of sp³-hybridized carbons (Fsp3) is 0.400. The lowest BCUT2D eigenvalue weighted by molar-refractivity contribution is 0.0952. The third-order valence-corrected chi connectivity index (χ3v) is 3.84. The van der Waals surface area contributed by atoms with E-state index < -0.39 is 0 Å². The van der Waals surface area contributed by atoms with Crippen LogP contribution in [-0.2, 0) is 7.05 Å².